The zero-order valence-corrected chi connectivity index (χ0v) is 16.1. The Balaban J connectivity index is 1.85. The van der Waals surface area contributed by atoms with E-state index in [2.05, 4.69) is 17.6 Å². The molecule has 5 nitrogen and oxygen atoms in total. The van der Waals surface area contributed by atoms with Crippen molar-refractivity contribution in [1.29, 1.82) is 0 Å². The summed E-state index contributed by atoms with van der Waals surface area (Å²) in [6.07, 6.45) is 16.3. The zero-order chi connectivity index (χ0) is 18.4. The molecule has 0 aliphatic heterocycles. The molecule has 0 atom stereocenters. The second-order valence-electron chi connectivity index (χ2n) is 7.83. The van der Waals surface area contributed by atoms with Crippen LogP contribution in [0.1, 0.15) is 103 Å². The van der Waals surface area contributed by atoms with Crippen LogP contribution >= 0.6 is 0 Å². The topological polar surface area (TPSA) is 78.4 Å². The average Bonchev–Trinajstić information content (AvgIpc) is 2.55. The second kappa shape index (κ2) is 13.0. The van der Waals surface area contributed by atoms with E-state index in [1.807, 2.05) is 0 Å². The van der Waals surface area contributed by atoms with Gasteiger partial charge in [0.25, 0.3) is 0 Å². The van der Waals surface area contributed by atoms with Crippen LogP contribution in [0, 0.1) is 0 Å². The number of hydrogen-bond donors (Lipinski definition) is 3. The van der Waals surface area contributed by atoms with Gasteiger partial charge in [0, 0.05) is 18.5 Å². The Labute approximate surface area is 153 Å². The number of amides is 2. The predicted octanol–water partition coefficient (Wildman–Crippen LogP) is 4.99. The summed E-state index contributed by atoms with van der Waals surface area (Å²) >= 11 is 0. The van der Waals surface area contributed by atoms with Crippen molar-refractivity contribution in [2.45, 2.75) is 109 Å². The van der Waals surface area contributed by atoms with Gasteiger partial charge in [-0.3, -0.25) is 4.79 Å². The Morgan fingerprint density at radius 3 is 1.92 bits per heavy atom. The highest BCUT2D eigenvalue weighted by atomic mass is 16.4. The largest absolute Gasteiger partial charge is 0.481 e. The molecule has 0 aromatic rings. The number of carbonyl (C=O) groups excluding carboxylic acids is 1. The Morgan fingerprint density at radius 1 is 0.840 bits per heavy atom. The molecule has 1 saturated carbocycles. The highest BCUT2D eigenvalue weighted by molar-refractivity contribution is 5.74. The van der Waals surface area contributed by atoms with Gasteiger partial charge >= 0.3 is 12.0 Å². The standard InChI is InChI=1S/C20H38N2O3/c1-20(15-11-9-12-16-20)22-19(25)21-17-13-8-6-4-2-3-5-7-10-14-18(23)24/h2-17H2,1H3,(H,23,24)(H2,21,22,25). The van der Waals surface area contributed by atoms with Gasteiger partial charge in [0.15, 0.2) is 0 Å². The van der Waals surface area contributed by atoms with E-state index < -0.39 is 5.97 Å². The SMILES string of the molecule is CC1(NC(=O)NCCCCCCCCCCCC(=O)O)CCCCC1. The Kier molecular flexibility index (Phi) is 11.3. The number of carbonyl (C=O) groups is 2. The molecule has 5 heteroatoms. The number of carboxylic acids is 1. The third kappa shape index (κ3) is 11.8. The summed E-state index contributed by atoms with van der Waals surface area (Å²) in [7, 11) is 0. The van der Waals surface area contributed by atoms with Crippen LogP contribution in [-0.2, 0) is 4.79 Å². The van der Waals surface area contributed by atoms with Crippen LogP contribution in [0.4, 0.5) is 4.79 Å². The van der Waals surface area contributed by atoms with Crippen molar-refractivity contribution in [3.05, 3.63) is 0 Å². The quantitative estimate of drug-likeness (QED) is 0.407. The number of unbranched alkanes of at least 4 members (excludes halogenated alkanes) is 8. The van der Waals surface area contributed by atoms with Crippen LogP contribution in [-0.4, -0.2) is 29.2 Å². The van der Waals surface area contributed by atoms with Crippen LogP contribution in [0.25, 0.3) is 0 Å². The normalized spacial score (nSPS) is 16.4. The molecule has 0 unspecified atom stereocenters. The maximum Gasteiger partial charge on any atom is 0.315 e. The van der Waals surface area contributed by atoms with Crippen LogP contribution in [0.5, 0.6) is 0 Å². The molecule has 1 aliphatic rings. The van der Waals surface area contributed by atoms with Crippen molar-refractivity contribution in [2.75, 3.05) is 6.54 Å². The van der Waals surface area contributed by atoms with E-state index in [9.17, 15) is 9.59 Å². The lowest BCUT2D eigenvalue weighted by Crippen LogP contribution is -2.51. The van der Waals surface area contributed by atoms with E-state index in [-0.39, 0.29) is 11.6 Å². The minimum absolute atomic E-state index is 0.00714. The summed E-state index contributed by atoms with van der Waals surface area (Å²) in [6, 6.07) is -0.00855. The number of nitrogens with one attached hydrogen (secondary N) is 2. The molecule has 2 amide bonds. The molecule has 3 N–H and O–H groups in total. The molecule has 0 bridgehead atoms. The molecule has 1 aliphatic carbocycles. The van der Waals surface area contributed by atoms with Crippen LogP contribution in [0.15, 0.2) is 0 Å². The molecule has 1 fully saturated rings. The molecule has 146 valence electrons. The van der Waals surface area contributed by atoms with Crippen molar-refractivity contribution in [2.24, 2.45) is 0 Å². The molecule has 0 saturated heterocycles. The van der Waals surface area contributed by atoms with Gasteiger partial charge in [-0.2, -0.15) is 0 Å². The molecule has 0 aromatic carbocycles. The maximum atomic E-state index is 12.0. The fraction of sp³-hybridized carbons (Fsp3) is 0.900. The predicted molar refractivity (Wildman–Crippen MR) is 102 cm³/mol. The molecule has 0 aromatic heterocycles. The number of carboxylic acid groups (broad SMARTS) is 1. The molecule has 0 radical (unpaired) electrons. The summed E-state index contributed by atoms with van der Waals surface area (Å²) in [5.41, 5.74) is -0.00714. The third-order valence-corrected chi connectivity index (χ3v) is 5.23. The number of urea groups is 1. The van der Waals surface area contributed by atoms with Crippen molar-refractivity contribution in [3.63, 3.8) is 0 Å². The van der Waals surface area contributed by atoms with Gasteiger partial charge in [-0.05, 0) is 32.6 Å². The first-order valence-electron chi connectivity index (χ1n) is 10.3. The first kappa shape index (κ1) is 21.8. The fourth-order valence-electron chi connectivity index (χ4n) is 3.62. The van der Waals surface area contributed by atoms with Crippen LogP contribution in [0.3, 0.4) is 0 Å². The van der Waals surface area contributed by atoms with Crippen LogP contribution in [0.2, 0.25) is 0 Å². The lowest BCUT2D eigenvalue weighted by atomic mass is 9.83. The Morgan fingerprint density at radius 2 is 1.36 bits per heavy atom. The van der Waals surface area contributed by atoms with E-state index in [4.69, 9.17) is 5.11 Å². The molecule has 25 heavy (non-hydrogen) atoms. The zero-order valence-electron chi connectivity index (χ0n) is 16.1. The summed E-state index contributed by atoms with van der Waals surface area (Å²) in [5, 5.41) is 14.7. The number of aliphatic carboxylic acids is 1. The summed E-state index contributed by atoms with van der Waals surface area (Å²) in [4.78, 5) is 22.3. The van der Waals surface area contributed by atoms with E-state index in [1.165, 1.54) is 44.9 Å². The second-order valence-corrected chi connectivity index (χ2v) is 7.83. The molecular formula is C20H38N2O3. The van der Waals surface area contributed by atoms with Gasteiger partial charge < -0.3 is 15.7 Å². The van der Waals surface area contributed by atoms with Gasteiger partial charge in [-0.15, -0.1) is 0 Å². The molecule has 1 rings (SSSR count). The van der Waals surface area contributed by atoms with E-state index in [0.29, 0.717) is 6.42 Å². The first-order valence-corrected chi connectivity index (χ1v) is 10.3. The van der Waals surface area contributed by atoms with Crippen molar-refractivity contribution >= 4 is 12.0 Å². The minimum Gasteiger partial charge on any atom is -0.481 e. The van der Waals surface area contributed by atoms with Crippen LogP contribution < -0.4 is 10.6 Å². The lowest BCUT2D eigenvalue weighted by molar-refractivity contribution is -0.137. The van der Waals surface area contributed by atoms with E-state index >= 15 is 0 Å². The number of hydrogen-bond acceptors (Lipinski definition) is 2. The smallest absolute Gasteiger partial charge is 0.315 e. The number of rotatable bonds is 13. The van der Waals surface area contributed by atoms with Crippen molar-refractivity contribution in [3.8, 4) is 0 Å². The minimum atomic E-state index is -0.685. The monoisotopic (exact) mass is 354 g/mol. The highest BCUT2D eigenvalue weighted by Crippen LogP contribution is 2.27. The molecule has 0 heterocycles. The summed E-state index contributed by atoms with van der Waals surface area (Å²) in [5.74, 6) is -0.685. The van der Waals surface area contributed by atoms with Crippen molar-refractivity contribution in [1.82, 2.24) is 10.6 Å². The first-order chi connectivity index (χ1) is 12.0. The summed E-state index contributed by atoms with van der Waals surface area (Å²) < 4.78 is 0. The van der Waals surface area contributed by atoms with E-state index in [1.54, 1.807) is 0 Å². The average molecular weight is 355 g/mol. The van der Waals surface area contributed by atoms with Gasteiger partial charge in [-0.1, -0.05) is 64.2 Å². The molecular weight excluding hydrogens is 316 g/mol. The third-order valence-electron chi connectivity index (χ3n) is 5.23. The van der Waals surface area contributed by atoms with Gasteiger partial charge in [0.05, 0.1) is 0 Å². The van der Waals surface area contributed by atoms with Gasteiger partial charge in [0.2, 0.25) is 0 Å². The Bertz CT molecular complexity index is 379. The van der Waals surface area contributed by atoms with Gasteiger partial charge in [0.1, 0.15) is 0 Å². The lowest BCUT2D eigenvalue weighted by Gasteiger charge is -2.34. The maximum absolute atomic E-state index is 12.0. The van der Waals surface area contributed by atoms with Gasteiger partial charge in [-0.25, -0.2) is 4.79 Å². The molecule has 0 spiro atoms. The Hall–Kier alpha value is -1.26. The highest BCUT2D eigenvalue weighted by Gasteiger charge is 2.27. The van der Waals surface area contributed by atoms with E-state index in [0.717, 1.165) is 51.5 Å². The fourth-order valence-corrected chi connectivity index (χ4v) is 3.62. The summed E-state index contributed by atoms with van der Waals surface area (Å²) in [6.45, 7) is 2.92. The van der Waals surface area contributed by atoms with Crippen molar-refractivity contribution < 1.29 is 14.7 Å².